The summed E-state index contributed by atoms with van der Waals surface area (Å²) in [5.74, 6) is 0.648. The number of nitrogens with zero attached hydrogens (tertiary/aromatic N) is 2. The lowest BCUT2D eigenvalue weighted by atomic mass is 10.1. The number of halogens is 1. The van der Waals surface area contributed by atoms with Gasteiger partial charge in [0.2, 0.25) is 0 Å². The number of hydrogen-bond donors (Lipinski definition) is 1. The monoisotopic (exact) mass is 273 g/mol. The van der Waals surface area contributed by atoms with Crippen LogP contribution >= 0.6 is 11.6 Å². The number of ether oxygens (including phenoxy) is 1. The van der Waals surface area contributed by atoms with Gasteiger partial charge in [-0.2, -0.15) is 0 Å². The Hall–Kier alpha value is -1.07. The molecule has 0 aliphatic carbocycles. The maximum Gasteiger partial charge on any atom is 0.293 e. The number of anilines is 1. The van der Waals surface area contributed by atoms with Crippen molar-refractivity contribution in [2.75, 3.05) is 24.9 Å². The molecule has 6 heteroatoms. The molecule has 1 atom stereocenters. The summed E-state index contributed by atoms with van der Waals surface area (Å²) in [5.41, 5.74) is -0.440. The van der Waals surface area contributed by atoms with Crippen LogP contribution in [0.5, 0.6) is 0 Å². The van der Waals surface area contributed by atoms with Crippen LogP contribution < -0.4 is 10.9 Å². The summed E-state index contributed by atoms with van der Waals surface area (Å²) in [6, 6.07) is -0.132. The molecule has 0 saturated heterocycles. The summed E-state index contributed by atoms with van der Waals surface area (Å²) in [5, 5.41) is 3.01. The van der Waals surface area contributed by atoms with Crippen LogP contribution in [0.25, 0.3) is 0 Å². The van der Waals surface area contributed by atoms with Crippen LogP contribution in [0.15, 0.2) is 17.2 Å². The summed E-state index contributed by atoms with van der Waals surface area (Å²) in [7, 11) is 1.59. The van der Waals surface area contributed by atoms with Crippen LogP contribution in [0.2, 0.25) is 0 Å². The van der Waals surface area contributed by atoms with Gasteiger partial charge in [0.15, 0.2) is 5.82 Å². The van der Waals surface area contributed by atoms with E-state index in [1.165, 1.54) is 0 Å². The van der Waals surface area contributed by atoms with Gasteiger partial charge >= 0.3 is 0 Å². The normalized spacial score (nSPS) is 13.4. The van der Waals surface area contributed by atoms with Gasteiger partial charge in [0.25, 0.3) is 5.56 Å². The van der Waals surface area contributed by atoms with E-state index in [4.69, 9.17) is 16.3 Å². The molecule has 0 spiro atoms. The molecule has 102 valence electrons. The zero-order valence-electron chi connectivity index (χ0n) is 11.2. The highest BCUT2D eigenvalue weighted by Gasteiger charge is 2.18. The first-order chi connectivity index (χ1) is 8.40. The molecule has 1 aromatic heterocycles. The van der Waals surface area contributed by atoms with Crippen LogP contribution in [0.1, 0.15) is 20.8 Å². The molecule has 0 amide bonds. The molecule has 0 aromatic carbocycles. The van der Waals surface area contributed by atoms with E-state index in [0.717, 1.165) is 0 Å². The van der Waals surface area contributed by atoms with Gasteiger partial charge in [-0.3, -0.25) is 4.79 Å². The number of nitrogens with one attached hydrogen (secondary N) is 1. The summed E-state index contributed by atoms with van der Waals surface area (Å²) in [4.78, 5) is 16.3. The smallest absolute Gasteiger partial charge is 0.293 e. The van der Waals surface area contributed by atoms with Crippen LogP contribution in [0, 0.1) is 0 Å². The maximum absolute atomic E-state index is 12.2. The van der Waals surface area contributed by atoms with Gasteiger partial charge < -0.3 is 14.6 Å². The van der Waals surface area contributed by atoms with Crippen molar-refractivity contribution in [1.29, 1.82) is 0 Å². The average molecular weight is 274 g/mol. The van der Waals surface area contributed by atoms with Gasteiger partial charge in [0.1, 0.15) is 0 Å². The summed E-state index contributed by atoms with van der Waals surface area (Å²) >= 11 is 5.80. The second-order valence-corrected chi connectivity index (χ2v) is 5.38. The molecular weight excluding hydrogens is 254 g/mol. The third kappa shape index (κ3) is 3.71. The Balaban J connectivity index is 3.01. The van der Waals surface area contributed by atoms with Gasteiger partial charge in [0.05, 0.1) is 12.6 Å². The Morgan fingerprint density at radius 1 is 1.56 bits per heavy atom. The minimum absolute atomic E-state index is 0.132. The van der Waals surface area contributed by atoms with Crippen molar-refractivity contribution < 1.29 is 4.74 Å². The molecule has 1 N–H and O–H groups in total. The van der Waals surface area contributed by atoms with E-state index in [9.17, 15) is 4.79 Å². The summed E-state index contributed by atoms with van der Waals surface area (Å²) in [6.07, 6.45) is 3.28. The van der Waals surface area contributed by atoms with Crippen LogP contribution in [0.3, 0.4) is 0 Å². The topological polar surface area (TPSA) is 56.1 Å². The van der Waals surface area contributed by atoms with E-state index in [0.29, 0.717) is 18.3 Å². The molecule has 1 rings (SSSR count). The zero-order chi connectivity index (χ0) is 13.8. The molecule has 1 heterocycles. The summed E-state index contributed by atoms with van der Waals surface area (Å²) < 4.78 is 6.66. The number of alkyl halides is 1. The first-order valence-corrected chi connectivity index (χ1v) is 6.33. The van der Waals surface area contributed by atoms with E-state index in [1.54, 1.807) is 24.1 Å². The molecule has 1 unspecified atom stereocenters. The van der Waals surface area contributed by atoms with Gasteiger partial charge in [-0.05, 0) is 20.8 Å². The van der Waals surface area contributed by atoms with Crippen LogP contribution in [0.4, 0.5) is 5.82 Å². The fourth-order valence-electron chi connectivity index (χ4n) is 1.56. The van der Waals surface area contributed by atoms with Gasteiger partial charge in [-0.1, -0.05) is 0 Å². The number of hydrogen-bond acceptors (Lipinski definition) is 4. The second-order valence-electron chi connectivity index (χ2n) is 5.07. The van der Waals surface area contributed by atoms with Crippen molar-refractivity contribution in [2.24, 2.45) is 0 Å². The third-order valence-electron chi connectivity index (χ3n) is 2.46. The minimum atomic E-state index is -0.284. The molecule has 5 nitrogen and oxygen atoms in total. The van der Waals surface area contributed by atoms with Crippen molar-refractivity contribution in [3.63, 3.8) is 0 Å². The van der Waals surface area contributed by atoms with Crippen LogP contribution in [-0.2, 0) is 10.3 Å². The molecule has 0 aliphatic rings. The molecular formula is C12H20ClN3O2. The first-order valence-electron chi connectivity index (χ1n) is 5.79. The van der Waals surface area contributed by atoms with Gasteiger partial charge in [-0.15, -0.1) is 11.6 Å². The van der Waals surface area contributed by atoms with E-state index in [-0.39, 0.29) is 17.1 Å². The molecule has 18 heavy (non-hydrogen) atoms. The van der Waals surface area contributed by atoms with Crippen molar-refractivity contribution in [3.05, 3.63) is 22.7 Å². The Morgan fingerprint density at radius 3 is 2.72 bits per heavy atom. The molecule has 0 bridgehead atoms. The second kappa shape index (κ2) is 6.20. The fourth-order valence-corrected chi connectivity index (χ4v) is 1.72. The number of rotatable bonds is 5. The quantitative estimate of drug-likeness (QED) is 0.829. The molecule has 0 saturated carbocycles. The zero-order valence-corrected chi connectivity index (χ0v) is 12.0. The lowest BCUT2D eigenvalue weighted by Crippen LogP contribution is -2.37. The Labute approximate surface area is 112 Å². The molecule has 0 aliphatic heterocycles. The average Bonchev–Trinajstić information content (AvgIpc) is 2.29. The number of methoxy groups -OCH3 is 1. The lowest BCUT2D eigenvalue weighted by molar-refractivity contribution is 0.191. The SMILES string of the molecule is COCC(CCl)Nc1nccn(C(C)(C)C)c1=O. The Morgan fingerprint density at radius 2 is 2.22 bits per heavy atom. The van der Waals surface area contributed by atoms with Crippen molar-refractivity contribution >= 4 is 17.4 Å². The van der Waals surface area contributed by atoms with Gasteiger partial charge in [-0.25, -0.2) is 4.98 Å². The fraction of sp³-hybridized carbons (Fsp3) is 0.667. The maximum atomic E-state index is 12.2. The van der Waals surface area contributed by atoms with E-state index >= 15 is 0 Å². The molecule has 0 radical (unpaired) electrons. The van der Waals surface area contributed by atoms with Crippen molar-refractivity contribution in [2.45, 2.75) is 32.4 Å². The largest absolute Gasteiger partial charge is 0.383 e. The predicted molar refractivity (Wildman–Crippen MR) is 73.5 cm³/mol. The first kappa shape index (κ1) is 15.0. The summed E-state index contributed by atoms with van der Waals surface area (Å²) in [6.45, 7) is 6.32. The predicted octanol–water partition coefficient (Wildman–Crippen LogP) is 1.66. The third-order valence-corrected chi connectivity index (χ3v) is 2.83. The van der Waals surface area contributed by atoms with E-state index in [2.05, 4.69) is 10.3 Å². The minimum Gasteiger partial charge on any atom is -0.383 e. The highest BCUT2D eigenvalue weighted by molar-refractivity contribution is 6.18. The highest BCUT2D eigenvalue weighted by atomic mass is 35.5. The lowest BCUT2D eigenvalue weighted by Gasteiger charge is -2.23. The number of aromatic nitrogens is 2. The molecule has 1 aromatic rings. The van der Waals surface area contributed by atoms with Crippen LogP contribution in [-0.4, -0.2) is 35.2 Å². The standard InChI is InChI=1S/C12H20ClN3O2/c1-12(2,3)16-6-5-14-10(11(16)17)15-9(7-13)8-18-4/h5-6,9H,7-8H2,1-4H3,(H,14,15). The van der Waals surface area contributed by atoms with E-state index in [1.807, 2.05) is 20.8 Å². The van der Waals surface area contributed by atoms with Crippen molar-refractivity contribution in [1.82, 2.24) is 9.55 Å². The molecule has 0 fully saturated rings. The van der Waals surface area contributed by atoms with Crippen molar-refractivity contribution in [3.8, 4) is 0 Å². The van der Waals surface area contributed by atoms with E-state index < -0.39 is 0 Å². The Kier molecular flexibility index (Phi) is 5.16. The Bertz CT molecular complexity index is 440. The highest BCUT2D eigenvalue weighted by Crippen LogP contribution is 2.11. The van der Waals surface area contributed by atoms with Gasteiger partial charge in [0, 0.05) is 30.9 Å².